The van der Waals surface area contributed by atoms with Gasteiger partial charge < -0.3 is 9.47 Å². The number of benzene rings is 1. The van der Waals surface area contributed by atoms with E-state index in [9.17, 15) is 4.79 Å². The number of carbonyl (C=O) groups excluding carboxylic acids is 1. The van der Waals surface area contributed by atoms with Crippen molar-refractivity contribution < 1.29 is 14.3 Å². The highest BCUT2D eigenvalue weighted by Crippen LogP contribution is 2.67. The summed E-state index contributed by atoms with van der Waals surface area (Å²) in [6.45, 7) is 14.5. The Morgan fingerprint density at radius 2 is 1.74 bits per heavy atom. The number of allylic oxidation sites excluding steroid dienone is 1. The van der Waals surface area contributed by atoms with Crippen molar-refractivity contribution >= 4 is 6.16 Å². The molecule has 0 radical (unpaired) electrons. The molecule has 4 aliphatic carbocycles. The van der Waals surface area contributed by atoms with Gasteiger partial charge in [0.2, 0.25) is 0 Å². The van der Waals surface area contributed by atoms with Crippen molar-refractivity contribution in [2.75, 3.05) is 0 Å². The van der Waals surface area contributed by atoms with Gasteiger partial charge >= 0.3 is 6.16 Å². The minimum Gasteiger partial charge on any atom is -0.430 e. The maximum Gasteiger partial charge on any atom is 0.514 e. The van der Waals surface area contributed by atoms with Crippen LogP contribution in [0.4, 0.5) is 4.79 Å². The number of ether oxygens (including phenoxy) is 2. The van der Waals surface area contributed by atoms with Gasteiger partial charge in [-0.1, -0.05) is 83.2 Å². The van der Waals surface area contributed by atoms with Crippen LogP contribution >= 0.6 is 0 Å². The number of aryl methyl sites for hydroxylation is 1. The standard InChI is InChI=1S/C35H52O3/c1-23(2)8-7-9-25(4)30-16-17-31-29-15-12-26-22-28(38-33(36)37-27-13-10-24(3)11-14-27)18-20-34(26,5)32(29)19-21-35(30,31)6/h10-14,23,25,28-32H,7-9,15-22H2,1-6H3/t25-,28-,29+,30-,31+,32+,34-,35+/m1/s1. The fraction of sp³-hybridized carbons (Fsp3) is 0.743. The number of carbonyl (C=O) groups is 1. The van der Waals surface area contributed by atoms with E-state index in [1.165, 1.54) is 51.4 Å². The Bertz CT molecular complexity index is 1010. The third kappa shape index (κ3) is 5.33. The highest BCUT2D eigenvalue weighted by Gasteiger charge is 2.59. The average molecular weight is 521 g/mol. The lowest BCUT2D eigenvalue weighted by molar-refractivity contribution is -0.0597. The summed E-state index contributed by atoms with van der Waals surface area (Å²) in [4.78, 5) is 12.5. The predicted octanol–water partition coefficient (Wildman–Crippen LogP) is 9.92. The fourth-order valence-corrected chi connectivity index (χ4v) is 9.62. The van der Waals surface area contributed by atoms with Crippen molar-refractivity contribution in [1.82, 2.24) is 0 Å². The molecule has 0 heterocycles. The third-order valence-electron chi connectivity index (χ3n) is 11.7. The van der Waals surface area contributed by atoms with E-state index in [1.807, 2.05) is 31.2 Å². The molecule has 3 fully saturated rings. The van der Waals surface area contributed by atoms with Crippen LogP contribution < -0.4 is 4.74 Å². The van der Waals surface area contributed by atoms with Gasteiger partial charge in [-0.05, 0) is 110 Å². The van der Waals surface area contributed by atoms with Crippen LogP contribution in [0.5, 0.6) is 5.75 Å². The zero-order valence-corrected chi connectivity index (χ0v) is 24.9. The minimum atomic E-state index is -0.565. The van der Waals surface area contributed by atoms with Gasteiger partial charge in [-0.25, -0.2) is 4.79 Å². The SMILES string of the molecule is Cc1ccc(OC(=O)O[C@@H]2CC[C@]3(C)C(=CC[C@H]4[C@@H]5CC[C@H]([C@H](C)CCCC(C)C)[C@]5(C)CC[C@@H]43)C2)cc1. The van der Waals surface area contributed by atoms with Gasteiger partial charge in [0.25, 0.3) is 0 Å². The first-order chi connectivity index (χ1) is 18.1. The molecule has 0 spiro atoms. The van der Waals surface area contributed by atoms with Crippen LogP contribution in [0.1, 0.15) is 111 Å². The molecule has 3 nitrogen and oxygen atoms in total. The van der Waals surface area contributed by atoms with E-state index in [0.29, 0.717) is 11.2 Å². The summed E-state index contributed by atoms with van der Waals surface area (Å²) in [6.07, 6.45) is 16.0. The molecule has 5 rings (SSSR count). The second-order valence-corrected chi connectivity index (χ2v) is 14.4. The molecule has 1 aromatic carbocycles. The topological polar surface area (TPSA) is 35.5 Å². The summed E-state index contributed by atoms with van der Waals surface area (Å²) in [5.41, 5.74) is 3.50. The molecule has 38 heavy (non-hydrogen) atoms. The molecule has 0 aromatic heterocycles. The normalized spacial score (nSPS) is 37.0. The van der Waals surface area contributed by atoms with Crippen LogP contribution in [0.2, 0.25) is 0 Å². The molecule has 0 aliphatic heterocycles. The van der Waals surface area contributed by atoms with E-state index in [-0.39, 0.29) is 11.5 Å². The first kappa shape index (κ1) is 27.8. The molecule has 210 valence electrons. The minimum absolute atomic E-state index is 0.0692. The van der Waals surface area contributed by atoms with Gasteiger partial charge in [0.15, 0.2) is 0 Å². The van der Waals surface area contributed by atoms with E-state index < -0.39 is 6.16 Å². The van der Waals surface area contributed by atoms with Crippen LogP contribution in [-0.4, -0.2) is 12.3 Å². The lowest BCUT2D eigenvalue weighted by atomic mass is 9.47. The Balaban J connectivity index is 1.21. The average Bonchev–Trinajstić information content (AvgIpc) is 3.23. The summed E-state index contributed by atoms with van der Waals surface area (Å²) in [6, 6.07) is 7.56. The molecule has 0 unspecified atom stereocenters. The summed E-state index contributed by atoms with van der Waals surface area (Å²) in [5, 5.41) is 0. The molecule has 3 heteroatoms. The molecule has 3 saturated carbocycles. The monoisotopic (exact) mass is 520 g/mol. The fourth-order valence-electron chi connectivity index (χ4n) is 9.62. The Hall–Kier alpha value is -1.77. The molecule has 0 amide bonds. The number of rotatable bonds is 7. The van der Waals surface area contributed by atoms with Crippen molar-refractivity contribution in [3.05, 3.63) is 41.5 Å². The third-order valence-corrected chi connectivity index (χ3v) is 11.7. The molecule has 8 atom stereocenters. The maximum atomic E-state index is 12.5. The second kappa shape index (κ2) is 11.0. The summed E-state index contributed by atoms with van der Waals surface area (Å²) in [7, 11) is 0. The lowest BCUT2D eigenvalue weighted by Gasteiger charge is -2.58. The first-order valence-electron chi connectivity index (χ1n) is 15.7. The van der Waals surface area contributed by atoms with Gasteiger partial charge in [-0.3, -0.25) is 0 Å². The van der Waals surface area contributed by atoms with Crippen LogP contribution in [0.3, 0.4) is 0 Å². The Morgan fingerprint density at radius 3 is 2.47 bits per heavy atom. The Labute approximate surface area is 232 Å². The van der Waals surface area contributed by atoms with Crippen molar-refractivity contribution in [3.8, 4) is 5.75 Å². The zero-order chi connectivity index (χ0) is 27.1. The van der Waals surface area contributed by atoms with Crippen LogP contribution in [0, 0.1) is 53.3 Å². The van der Waals surface area contributed by atoms with E-state index in [1.54, 1.807) is 5.57 Å². The molecule has 1 aromatic rings. The van der Waals surface area contributed by atoms with E-state index in [2.05, 4.69) is 40.7 Å². The highest BCUT2D eigenvalue weighted by atomic mass is 16.7. The molecule has 0 bridgehead atoms. The molecular weight excluding hydrogens is 468 g/mol. The van der Waals surface area contributed by atoms with Crippen molar-refractivity contribution in [2.45, 2.75) is 118 Å². The predicted molar refractivity (Wildman–Crippen MR) is 155 cm³/mol. The van der Waals surface area contributed by atoms with Gasteiger partial charge in [0, 0.05) is 6.42 Å². The molecule has 4 aliphatic rings. The molecule has 0 N–H and O–H groups in total. The maximum absolute atomic E-state index is 12.5. The number of fused-ring (bicyclic) bond motifs is 5. The van der Waals surface area contributed by atoms with Crippen LogP contribution in [0.15, 0.2) is 35.9 Å². The van der Waals surface area contributed by atoms with Crippen molar-refractivity contribution in [1.29, 1.82) is 0 Å². The molecule has 0 saturated heterocycles. The molecular formula is C35H52O3. The summed E-state index contributed by atoms with van der Waals surface area (Å²) in [5.74, 6) is 5.64. The van der Waals surface area contributed by atoms with E-state index in [4.69, 9.17) is 9.47 Å². The summed E-state index contributed by atoms with van der Waals surface area (Å²) < 4.78 is 11.3. The summed E-state index contributed by atoms with van der Waals surface area (Å²) >= 11 is 0. The first-order valence-corrected chi connectivity index (χ1v) is 15.7. The van der Waals surface area contributed by atoms with Crippen molar-refractivity contribution in [2.24, 2.45) is 46.3 Å². The van der Waals surface area contributed by atoms with E-state index >= 15 is 0 Å². The Morgan fingerprint density at radius 1 is 0.974 bits per heavy atom. The van der Waals surface area contributed by atoms with Crippen LogP contribution in [0.25, 0.3) is 0 Å². The second-order valence-electron chi connectivity index (χ2n) is 14.4. The van der Waals surface area contributed by atoms with Crippen LogP contribution in [-0.2, 0) is 4.74 Å². The van der Waals surface area contributed by atoms with Gasteiger partial charge in [0.05, 0.1) is 0 Å². The quantitative estimate of drug-likeness (QED) is 0.204. The number of hydrogen-bond donors (Lipinski definition) is 0. The Kier molecular flexibility index (Phi) is 8.05. The largest absolute Gasteiger partial charge is 0.514 e. The highest BCUT2D eigenvalue weighted by molar-refractivity contribution is 5.64. The van der Waals surface area contributed by atoms with Crippen molar-refractivity contribution in [3.63, 3.8) is 0 Å². The van der Waals surface area contributed by atoms with Gasteiger partial charge in [-0.15, -0.1) is 0 Å². The zero-order valence-electron chi connectivity index (χ0n) is 24.9. The van der Waals surface area contributed by atoms with Gasteiger partial charge in [-0.2, -0.15) is 0 Å². The van der Waals surface area contributed by atoms with E-state index in [0.717, 1.165) is 60.3 Å². The lowest BCUT2D eigenvalue weighted by Crippen LogP contribution is -2.51. The van der Waals surface area contributed by atoms with Gasteiger partial charge in [0.1, 0.15) is 11.9 Å². The number of hydrogen-bond acceptors (Lipinski definition) is 3. The smallest absolute Gasteiger partial charge is 0.430 e.